The van der Waals surface area contributed by atoms with Crippen LogP contribution in [0.15, 0.2) is 0 Å². The lowest BCUT2D eigenvalue weighted by Crippen LogP contribution is -2.72. The van der Waals surface area contributed by atoms with Crippen LogP contribution in [0.4, 0.5) is 0 Å². The number of aliphatic hydroxyl groups is 8. The van der Waals surface area contributed by atoms with Crippen molar-refractivity contribution < 1.29 is 55.1 Å². The van der Waals surface area contributed by atoms with Crippen LogP contribution in [0.5, 0.6) is 0 Å². The van der Waals surface area contributed by atoms with Crippen molar-refractivity contribution in [2.45, 2.75) is 61.0 Å². The highest BCUT2D eigenvalue weighted by Gasteiger charge is 2.55. The van der Waals surface area contributed by atoms with E-state index in [0.29, 0.717) is 0 Å². The fraction of sp³-hybridized carbons (Fsp3) is 1.00. The molecule has 2 saturated heterocycles. The molecule has 0 unspecified atom stereocenters. The second-order valence-electron chi connectivity index (χ2n) is 6.04. The van der Waals surface area contributed by atoms with E-state index in [4.69, 9.17) is 14.2 Å². The highest BCUT2D eigenvalue weighted by molar-refractivity contribution is 4.99. The molecule has 2 rings (SSSR count). The van der Waals surface area contributed by atoms with Gasteiger partial charge in [0.1, 0.15) is 42.7 Å². The van der Waals surface area contributed by atoms with Crippen molar-refractivity contribution in [3.05, 3.63) is 0 Å². The first-order valence-corrected chi connectivity index (χ1v) is 7.70. The summed E-state index contributed by atoms with van der Waals surface area (Å²) in [5.41, 5.74) is -1.86. The van der Waals surface area contributed by atoms with Gasteiger partial charge >= 0.3 is 0 Å². The lowest BCUT2D eigenvalue weighted by atomic mass is 9.93. The van der Waals surface area contributed by atoms with Gasteiger partial charge in [-0.1, -0.05) is 0 Å². The van der Waals surface area contributed by atoms with E-state index in [2.05, 4.69) is 5.32 Å². The molecule has 0 bridgehead atoms. The molecule has 2 aliphatic rings. The fourth-order valence-electron chi connectivity index (χ4n) is 2.89. The van der Waals surface area contributed by atoms with Crippen molar-refractivity contribution in [2.75, 3.05) is 20.3 Å². The Morgan fingerprint density at radius 2 is 1.60 bits per heavy atom. The lowest BCUT2D eigenvalue weighted by Gasteiger charge is -2.49. The lowest BCUT2D eigenvalue weighted by molar-refractivity contribution is -0.379. The Morgan fingerprint density at radius 3 is 2.12 bits per heavy atom. The molecule has 2 fully saturated rings. The molecule has 9 N–H and O–H groups in total. The van der Waals surface area contributed by atoms with Crippen LogP contribution >= 0.6 is 0 Å². The number of likely N-dealkylation sites (N-methyl/N-ethyl adjacent to an activating group) is 1. The first-order chi connectivity index (χ1) is 11.7. The molecule has 0 spiro atoms. The Kier molecular flexibility index (Phi) is 6.70. The van der Waals surface area contributed by atoms with Crippen LogP contribution in [0, 0.1) is 0 Å². The maximum absolute atomic E-state index is 10.1. The Hall–Kier alpha value is -0.480. The van der Waals surface area contributed by atoms with Crippen molar-refractivity contribution in [1.29, 1.82) is 0 Å². The highest BCUT2D eigenvalue weighted by atomic mass is 16.7. The molecule has 2 aliphatic heterocycles. The van der Waals surface area contributed by atoms with Crippen LogP contribution < -0.4 is 5.32 Å². The summed E-state index contributed by atoms with van der Waals surface area (Å²) in [6.07, 6.45) is -14.9. The number of nitrogens with one attached hydrogen (secondary N) is 1. The van der Waals surface area contributed by atoms with Gasteiger partial charge in [0.05, 0.1) is 13.2 Å². The van der Waals surface area contributed by atoms with E-state index in [1.807, 2.05) is 0 Å². The van der Waals surface area contributed by atoms with E-state index in [9.17, 15) is 40.9 Å². The van der Waals surface area contributed by atoms with Gasteiger partial charge in [0.15, 0.2) is 18.3 Å². The average Bonchev–Trinajstić information content (AvgIpc) is 2.62. The molecule has 0 aromatic rings. The van der Waals surface area contributed by atoms with Crippen LogP contribution in [-0.2, 0) is 14.2 Å². The third kappa shape index (κ3) is 3.66. The molecule has 25 heavy (non-hydrogen) atoms. The third-order valence-electron chi connectivity index (χ3n) is 4.55. The van der Waals surface area contributed by atoms with Gasteiger partial charge in [-0.2, -0.15) is 0 Å². The second kappa shape index (κ2) is 8.04. The molecule has 12 heteroatoms. The van der Waals surface area contributed by atoms with Crippen LogP contribution in [0.25, 0.3) is 0 Å². The zero-order chi connectivity index (χ0) is 18.9. The number of rotatable bonds is 5. The topological polar surface area (TPSA) is 202 Å². The molecule has 0 aromatic heterocycles. The zero-order valence-corrected chi connectivity index (χ0v) is 13.4. The summed E-state index contributed by atoms with van der Waals surface area (Å²) in [7, 11) is 1.33. The summed E-state index contributed by atoms with van der Waals surface area (Å²) in [6, 6.07) is 0. The Balaban J connectivity index is 2.21. The largest absolute Gasteiger partial charge is 0.394 e. The number of ether oxygens (including phenoxy) is 3. The summed E-state index contributed by atoms with van der Waals surface area (Å²) in [4.78, 5) is 0. The minimum Gasteiger partial charge on any atom is -0.394 e. The fourth-order valence-corrected chi connectivity index (χ4v) is 2.89. The summed E-state index contributed by atoms with van der Waals surface area (Å²) in [5, 5.41) is 80.5. The summed E-state index contributed by atoms with van der Waals surface area (Å²) in [6.45, 7) is -1.49. The minimum atomic E-state index is -1.86. The SMILES string of the molecule is CN[C@]1(CO)O[C@H](O[C@H]2[C@H](O)[C@@H](O)[C@H](O)O[C@@H]2CO)[C@H](O)[C@@H](O)[C@H]1O. The van der Waals surface area contributed by atoms with Crippen LogP contribution in [0.1, 0.15) is 0 Å². The van der Waals surface area contributed by atoms with Crippen molar-refractivity contribution >= 4 is 0 Å². The Morgan fingerprint density at radius 1 is 0.960 bits per heavy atom. The first-order valence-electron chi connectivity index (χ1n) is 7.70. The standard InChI is InChI=1S/C13H25NO11/c1-14-13(3-16)10(21)6(18)8(20)12(25-13)24-9-4(2-15)23-11(22)7(19)5(9)17/h4-12,14-22H,2-3H2,1H3/t4-,5-,6-,7-,8-,9-,10-,11-,12+,13-/m1/s1. The van der Waals surface area contributed by atoms with Gasteiger partial charge < -0.3 is 55.1 Å². The van der Waals surface area contributed by atoms with Gasteiger partial charge in [-0.3, -0.25) is 5.32 Å². The molecule has 0 saturated carbocycles. The number of hydrogen-bond donors (Lipinski definition) is 9. The summed E-state index contributed by atoms with van der Waals surface area (Å²) in [5.74, 6) is 0. The van der Waals surface area contributed by atoms with Gasteiger partial charge in [-0.15, -0.1) is 0 Å². The zero-order valence-electron chi connectivity index (χ0n) is 13.4. The molecular formula is C13H25NO11. The molecule has 0 radical (unpaired) electrons. The Bertz CT molecular complexity index is 434. The number of hydrogen-bond acceptors (Lipinski definition) is 12. The first kappa shape index (κ1) is 20.8. The van der Waals surface area contributed by atoms with Gasteiger partial charge in [-0.05, 0) is 7.05 Å². The molecule has 10 atom stereocenters. The number of aliphatic hydroxyl groups excluding tert-OH is 8. The van der Waals surface area contributed by atoms with E-state index < -0.39 is 74.2 Å². The van der Waals surface area contributed by atoms with Gasteiger partial charge in [0.2, 0.25) is 0 Å². The van der Waals surface area contributed by atoms with Crippen LogP contribution in [-0.4, -0.2) is 122 Å². The van der Waals surface area contributed by atoms with Crippen molar-refractivity contribution in [2.24, 2.45) is 0 Å². The second-order valence-corrected chi connectivity index (χ2v) is 6.04. The summed E-state index contributed by atoms with van der Waals surface area (Å²) >= 11 is 0. The van der Waals surface area contributed by atoms with Crippen LogP contribution in [0.2, 0.25) is 0 Å². The molecule has 0 aromatic carbocycles. The van der Waals surface area contributed by atoms with E-state index in [1.165, 1.54) is 7.05 Å². The Labute approximate surface area is 142 Å². The molecule has 2 heterocycles. The predicted molar refractivity (Wildman–Crippen MR) is 76.6 cm³/mol. The minimum absolute atomic E-state index is 0.698. The molecule has 12 nitrogen and oxygen atoms in total. The maximum atomic E-state index is 10.1. The third-order valence-corrected chi connectivity index (χ3v) is 4.55. The quantitative estimate of drug-likeness (QED) is 0.222. The smallest absolute Gasteiger partial charge is 0.189 e. The normalized spacial score (nSPS) is 51.5. The van der Waals surface area contributed by atoms with Gasteiger partial charge in [-0.25, -0.2) is 0 Å². The highest BCUT2D eigenvalue weighted by Crippen LogP contribution is 2.31. The monoisotopic (exact) mass is 371 g/mol. The summed E-state index contributed by atoms with van der Waals surface area (Å²) < 4.78 is 15.6. The van der Waals surface area contributed by atoms with Crippen molar-refractivity contribution in [1.82, 2.24) is 5.32 Å². The van der Waals surface area contributed by atoms with Crippen molar-refractivity contribution in [3.8, 4) is 0 Å². The molecule has 148 valence electrons. The van der Waals surface area contributed by atoms with E-state index in [0.717, 1.165) is 0 Å². The van der Waals surface area contributed by atoms with E-state index in [-0.39, 0.29) is 0 Å². The van der Waals surface area contributed by atoms with E-state index >= 15 is 0 Å². The van der Waals surface area contributed by atoms with Gasteiger partial charge in [0, 0.05) is 0 Å². The molecule has 0 amide bonds. The van der Waals surface area contributed by atoms with Crippen molar-refractivity contribution in [3.63, 3.8) is 0 Å². The predicted octanol–water partition coefficient (Wildman–Crippen LogP) is -5.85. The molecular weight excluding hydrogens is 346 g/mol. The van der Waals surface area contributed by atoms with Crippen LogP contribution in [0.3, 0.4) is 0 Å². The maximum Gasteiger partial charge on any atom is 0.189 e. The average molecular weight is 371 g/mol. The molecule has 0 aliphatic carbocycles. The van der Waals surface area contributed by atoms with Gasteiger partial charge in [0.25, 0.3) is 0 Å². The van der Waals surface area contributed by atoms with E-state index in [1.54, 1.807) is 0 Å².